The zero-order valence-corrected chi connectivity index (χ0v) is 13.8. The van der Waals surface area contributed by atoms with E-state index in [2.05, 4.69) is 58.3 Å². The number of nitrogens with one attached hydrogen (secondary N) is 1. The molecule has 0 aliphatic rings. The van der Waals surface area contributed by atoms with Gasteiger partial charge in [0.25, 0.3) is 0 Å². The molecule has 1 N–H and O–H groups in total. The smallest absolute Gasteiger partial charge is 0.172 e. The normalized spacial score (nSPS) is 12.6. The molecule has 0 radical (unpaired) electrons. The summed E-state index contributed by atoms with van der Waals surface area (Å²) < 4.78 is 3.13. The van der Waals surface area contributed by atoms with Gasteiger partial charge in [-0.15, -0.1) is 0 Å². The molecule has 0 saturated heterocycles. The monoisotopic (exact) mass is 339 g/mol. The van der Waals surface area contributed by atoms with Gasteiger partial charge in [-0.2, -0.15) is 0 Å². The second-order valence-electron chi connectivity index (χ2n) is 4.38. The van der Waals surface area contributed by atoms with Crippen LogP contribution in [0.5, 0.6) is 0 Å². The highest BCUT2D eigenvalue weighted by Gasteiger charge is 2.13. The molecule has 1 unspecified atom stereocenters. The maximum Gasteiger partial charge on any atom is 0.172 e. The van der Waals surface area contributed by atoms with Crippen molar-refractivity contribution in [3.8, 4) is 0 Å². The highest BCUT2D eigenvalue weighted by molar-refractivity contribution is 9.10. The SMILES string of the molecule is CCNC(C)c1ccc(Br)cc1Sc1nccn1C. The molecule has 1 atom stereocenters. The third-order valence-corrected chi connectivity index (χ3v) is 4.57. The molecule has 0 fully saturated rings. The van der Waals surface area contributed by atoms with Crippen LogP contribution in [0.4, 0.5) is 0 Å². The predicted molar refractivity (Wildman–Crippen MR) is 83.6 cm³/mol. The summed E-state index contributed by atoms with van der Waals surface area (Å²) in [6, 6.07) is 6.75. The molecule has 0 bridgehead atoms. The first-order valence-corrected chi connectivity index (χ1v) is 7.90. The molecule has 1 aromatic heterocycles. The van der Waals surface area contributed by atoms with Crippen LogP contribution in [0.15, 0.2) is 45.1 Å². The van der Waals surface area contributed by atoms with Crippen molar-refractivity contribution in [2.45, 2.75) is 29.9 Å². The van der Waals surface area contributed by atoms with Gasteiger partial charge in [-0.3, -0.25) is 0 Å². The van der Waals surface area contributed by atoms with Gasteiger partial charge in [0.2, 0.25) is 0 Å². The lowest BCUT2D eigenvalue weighted by atomic mass is 10.1. The van der Waals surface area contributed by atoms with Gasteiger partial charge in [0.1, 0.15) is 0 Å². The zero-order chi connectivity index (χ0) is 13.8. The molecule has 0 amide bonds. The summed E-state index contributed by atoms with van der Waals surface area (Å²) in [7, 11) is 2.01. The summed E-state index contributed by atoms with van der Waals surface area (Å²) in [5, 5.41) is 4.46. The van der Waals surface area contributed by atoms with Crippen molar-refractivity contribution in [1.82, 2.24) is 14.9 Å². The minimum absolute atomic E-state index is 0.334. The highest BCUT2D eigenvalue weighted by Crippen LogP contribution is 2.34. The predicted octanol–water partition coefficient (Wildman–Crippen LogP) is 4.00. The van der Waals surface area contributed by atoms with Gasteiger partial charge >= 0.3 is 0 Å². The van der Waals surface area contributed by atoms with Crippen LogP contribution in [-0.4, -0.2) is 16.1 Å². The Morgan fingerprint density at radius 1 is 1.47 bits per heavy atom. The Balaban J connectivity index is 2.32. The van der Waals surface area contributed by atoms with Crippen LogP contribution >= 0.6 is 27.7 Å². The molecule has 0 spiro atoms. The van der Waals surface area contributed by atoms with E-state index in [-0.39, 0.29) is 0 Å². The lowest BCUT2D eigenvalue weighted by Crippen LogP contribution is -2.18. The second-order valence-corrected chi connectivity index (χ2v) is 6.31. The number of rotatable bonds is 5. The molecule has 3 nitrogen and oxygen atoms in total. The fourth-order valence-electron chi connectivity index (χ4n) is 1.92. The molecular formula is C14H18BrN3S. The van der Waals surface area contributed by atoms with Gasteiger partial charge in [0.05, 0.1) is 0 Å². The summed E-state index contributed by atoms with van der Waals surface area (Å²) in [5.74, 6) is 0. The molecule has 0 saturated carbocycles. The maximum absolute atomic E-state index is 4.38. The lowest BCUT2D eigenvalue weighted by Gasteiger charge is -2.17. The van der Waals surface area contributed by atoms with Crippen LogP contribution in [0, 0.1) is 0 Å². The van der Waals surface area contributed by atoms with Crippen LogP contribution in [0.1, 0.15) is 25.5 Å². The van der Waals surface area contributed by atoms with Crippen molar-refractivity contribution in [3.05, 3.63) is 40.6 Å². The number of benzene rings is 1. The summed E-state index contributed by atoms with van der Waals surface area (Å²) in [4.78, 5) is 5.61. The van der Waals surface area contributed by atoms with Gasteiger partial charge in [0.15, 0.2) is 5.16 Å². The Labute approximate surface area is 126 Å². The van der Waals surface area contributed by atoms with E-state index in [1.807, 2.05) is 24.0 Å². The summed E-state index contributed by atoms with van der Waals surface area (Å²) in [6.07, 6.45) is 3.79. The van der Waals surface area contributed by atoms with E-state index in [9.17, 15) is 0 Å². The second kappa shape index (κ2) is 6.59. The standard InChI is InChI=1S/C14H18BrN3S/c1-4-16-10(2)12-6-5-11(15)9-13(12)19-14-17-7-8-18(14)3/h5-10,16H,4H2,1-3H3. The van der Waals surface area contributed by atoms with E-state index in [4.69, 9.17) is 0 Å². The number of nitrogens with zero attached hydrogens (tertiary/aromatic N) is 2. The van der Waals surface area contributed by atoms with E-state index in [1.165, 1.54) is 10.5 Å². The summed E-state index contributed by atoms with van der Waals surface area (Å²) in [6.45, 7) is 5.28. The molecule has 102 valence electrons. The summed E-state index contributed by atoms with van der Waals surface area (Å²) >= 11 is 5.24. The Morgan fingerprint density at radius 3 is 2.89 bits per heavy atom. The average molecular weight is 340 g/mol. The largest absolute Gasteiger partial charge is 0.329 e. The maximum atomic E-state index is 4.38. The molecule has 5 heteroatoms. The van der Waals surface area contributed by atoms with E-state index < -0.39 is 0 Å². The quantitative estimate of drug-likeness (QED) is 0.892. The van der Waals surface area contributed by atoms with Crippen LogP contribution in [-0.2, 0) is 7.05 Å². The fraction of sp³-hybridized carbons (Fsp3) is 0.357. The number of imidazole rings is 1. The molecule has 1 heterocycles. The van der Waals surface area contributed by atoms with Crippen molar-refractivity contribution in [2.24, 2.45) is 7.05 Å². The fourth-order valence-corrected chi connectivity index (χ4v) is 3.50. The van der Waals surface area contributed by atoms with Gasteiger partial charge in [-0.1, -0.05) is 40.7 Å². The van der Waals surface area contributed by atoms with Crippen molar-refractivity contribution in [3.63, 3.8) is 0 Å². The Hall–Kier alpha value is -0.780. The zero-order valence-electron chi connectivity index (χ0n) is 11.4. The van der Waals surface area contributed by atoms with Gasteiger partial charge < -0.3 is 9.88 Å². The van der Waals surface area contributed by atoms with Crippen molar-refractivity contribution < 1.29 is 0 Å². The molecule has 19 heavy (non-hydrogen) atoms. The first-order valence-electron chi connectivity index (χ1n) is 6.29. The number of hydrogen-bond acceptors (Lipinski definition) is 3. The van der Waals surface area contributed by atoms with E-state index in [0.29, 0.717) is 6.04 Å². The van der Waals surface area contributed by atoms with Gasteiger partial charge in [-0.05, 0) is 31.2 Å². The third-order valence-electron chi connectivity index (χ3n) is 2.93. The average Bonchev–Trinajstić information content (AvgIpc) is 2.75. The molecular weight excluding hydrogens is 322 g/mol. The number of aromatic nitrogens is 2. The first-order chi connectivity index (χ1) is 9.11. The number of hydrogen-bond donors (Lipinski definition) is 1. The van der Waals surface area contributed by atoms with E-state index >= 15 is 0 Å². The van der Waals surface area contributed by atoms with Crippen LogP contribution in [0.3, 0.4) is 0 Å². The minimum Gasteiger partial charge on any atom is -0.329 e. The highest BCUT2D eigenvalue weighted by atomic mass is 79.9. The number of aryl methyl sites for hydroxylation is 1. The Kier molecular flexibility index (Phi) is 5.07. The molecule has 0 aliphatic heterocycles. The lowest BCUT2D eigenvalue weighted by molar-refractivity contribution is 0.589. The van der Waals surface area contributed by atoms with Crippen LogP contribution < -0.4 is 5.32 Å². The van der Waals surface area contributed by atoms with Crippen molar-refractivity contribution in [2.75, 3.05) is 6.54 Å². The van der Waals surface area contributed by atoms with Crippen molar-refractivity contribution in [1.29, 1.82) is 0 Å². The molecule has 2 aromatic rings. The minimum atomic E-state index is 0.334. The van der Waals surface area contributed by atoms with Crippen LogP contribution in [0.2, 0.25) is 0 Å². The van der Waals surface area contributed by atoms with E-state index in [1.54, 1.807) is 11.8 Å². The number of halogens is 1. The Bertz CT molecular complexity index is 553. The first kappa shape index (κ1) is 14.6. The van der Waals surface area contributed by atoms with Crippen LogP contribution in [0.25, 0.3) is 0 Å². The Morgan fingerprint density at radius 2 is 2.26 bits per heavy atom. The summed E-state index contributed by atoms with van der Waals surface area (Å²) in [5.41, 5.74) is 1.30. The molecule has 1 aromatic carbocycles. The van der Waals surface area contributed by atoms with Crippen molar-refractivity contribution >= 4 is 27.7 Å². The molecule has 2 rings (SSSR count). The third kappa shape index (κ3) is 3.61. The van der Waals surface area contributed by atoms with E-state index in [0.717, 1.165) is 16.2 Å². The van der Waals surface area contributed by atoms with Gasteiger partial charge in [-0.25, -0.2) is 4.98 Å². The molecule has 0 aliphatic carbocycles. The van der Waals surface area contributed by atoms with Gasteiger partial charge in [0, 0.05) is 34.9 Å². The topological polar surface area (TPSA) is 29.9 Å².